The molecular weight excluding hydrogens is 322 g/mol. The van der Waals surface area contributed by atoms with Gasteiger partial charge in [0.05, 0.1) is 5.39 Å². The van der Waals surface area contributed by atoms with E-state index in [4.69, 9.17) is 0 Å². The lowest BCUT2D eigenvalue weighted by Gasteiger charge is -2.22. The maximum absolute atomic E-state index is 13.0. The van der Waals surface area contributed by atoms with Crippen molar-refractivity contribution in [3.05, 3.63) is 40.3 Å². The normalized spacial score (nSPS) is 17.2. The summed E-state index contributed by atoms with van der Waals surface area (Å²) in [5.74, 6) is -1.43. The van der Waals surface area contributed by atoms with Gasteiger partial charge in [0.25, 0.3) is 11.5 Å². The van der Waals surface area contributed by atoms with Gasteiger partial charge in [0.1, 0.15) is 6.04 Å². The average molecular weight is 343 g/mol. The minimum absolute atomic E-state index is 0.152. The molecule has 132 valence electrons. The van der Waals surface area contributed by atoms with Crippen LogP contribution in [0.5, 0.6) is 0 Å². The van der Waals surface area contributed by atoms with E-state index in [-0.39, 0.29) is 11.3 Å². The summed E-state index contributed by atoms with van der Waals surface area (Å²) >= 11 is 0. The number of carbonyl (C=O) groups is 2. The number of likely N-dealkylation sites (tertiary alicyclic amines) is 1. The Morgan fingerprint density at radius 3 is 2.68 bits per heavy atom. The fraction of sp³-hybridized carbons (Fsp3) is 0.444. The van der Waals surface area contributed by atoms with Crippen molar-refractivity contribution in [1.29, 1.82) is 0 Å². The van der Waals surface area contributed by atoms with Crippen LogP contribution >= 0.6 is 0 Å². The maximum atomic E-state index is 13.0. The van der Waals surface area contributed by atoms with Crippen molar-refractivity contribution in [3.63, 3.8) is 0 Å². The number of carboxylic acid groups (broad SMARTS) is 1. The van der Waals surface area contributed by atoms with E-state index >= 15 is 0 Å². The number of hydrogen-bond donors (Lipinski definition) is 1. The summed E-state index contributed by atoms with van der Waals surface area (Å²) in [4.78, 5) is 38.3. The van der Waals surface area contributed by atoms with E-state index in [1.807, 2.05) is 6.92 Å². The van der Waals surface area contributed by atoms with Gasteiger partial charge in [-0.05, 0) is 25.3 Å². The molecule has 0 unspecified atom stereocenters. The minimum atomic E-state index is -1.01. The lowest BCUT2D eigenvalue weighted by atomic mass is 10.1. The van der Waals surface area contributed by atoms with Crippen LogP contribution in [0.25, 0.3) is 10.8 Å². The quantitative estimate of drug-likeness (QED) is 0.895. The smallest absolute Gasteiger partial charge is 0.326 e. The van der Waals surface area contributed by atoms with Crippen molar-refractivity contribution < 1.29 is 14.7 Å². The molecule has 0 bridgehead atoms. The van der Waals surface area contributed by atoms with Crippen molar-refractivity contribution in [2.24, 2.45) is 0 Å². The summed E-state index contributed by atoms with van der Waals surface area (Å²) in [6.45, 7) is 2.84. The molecule has 1 N–H and O–H groups in total. The molecule has 2 heterocycles. The molecule has 1 aliphatic heterocycles. The molecule has 25 heavy (non-hydrogen) atoms. The summed E-state index contributed by atoms with van der Waals surface area (Å²) in [6, 6.07) is 6.03. The van der Waals surface area contributed by atoms with Gasteiger partial charge in [0, 0.05) is 18.5 Å². The largest absolute Gasteiger partial charge is 0.480 e. The highest BCUT2D eigenvalue weighted by molar-refractivity contribution is 6.05. The number of carbonyl (C=O) groups excluding carboxylic acids is 1. The Hall–Kier alpha value is -2.70. The van der Waals surface area contributed by atoms with Crippen LogP contribution in [-0.2, 0) is 11.3 Å². The van der Waals surface area contributed by atoms with Gasteiger partial charge in [0.2, 0.25) is 0 Å². The second-order valence-corrected chi connectivity index (χ2v) is 6.27. The maximum Gasteiger partial charge on any atom is 0.326 e. The summed E-state index contributed by atoms with van der Waals surface area (Å²) in [6.07, 6.45) is 2.77. The number of aliphatic carboxylic acids is 1. The molecule has 1 aromatic heterocycles. The molecule has 1 aliphatic rings. The number of amides is 1. The number of benzene rings is 1. The number of aromatic nitrogens is 2. The van der Waals surface area contributed by atoms with Gasteiger partial charge >= 0.3 is 5.97 Å². The fourth-order valence-corrected chi connectivity index (χ4v) is 3.26. The second kappa shape index (κ2) is 7.04. The number of carboxylic acids is 1. The molecular formula is C18H21N3O4. The first kappa shape index (κ1) is 17.1. The standard InChI is InChI=1S/C18H21N3O4/c1-2-3-11-21-16(22)13-8-5-4-7-12(13)15(19-21)17(23)20-10-6-9-14(20)18(24)25/h4-5,7-8,14H,2-3,6,9-11H2,1H3,(H,24,25)/t14-/m0/s1. The first-order valence-corrected chi connectivity index (χ1v) is 8.58. The first-order chi connectivity index (χ1) is 12.0. The van der Waals surface area contributed by atoms with E-state index in [0.717, 1.165) is 12.8 Å². The molecule has 0 radical (unpaired) electrons. The Labute approximate surface area is 144 Å². The van der Waals surface area contributed by atoms with Crippen molar-refractivity contribution in [1.82, 2.24) is 14.7 Å². The molecule has 1 saturated heterocycles. The fourth-order valence-electron chi connectivity index (χ4n) is 3.26. The SMILES string of the molecule is CCCCn1nc(C(=O)N2CCC[C@H]2C(=O)O)c2ccccc2c1=O. The molecule has 7 heteroatoms. The molecule has 2 aromatic rings. The molecule has 1 aromatic carbocycles. The van der Waals surface area contributed by atoms with Gasteiger partial charge in [-0.2, -0.15) is 5.10 Å². The number of nitrogens with zero attached hydrogens (tertiary/aromatic N) is 3. The Kier molecular flexibility index (Phi) is 4.83. The predicted octanol–water partition coefficient (Wildman–Crippen LogP) is 1.89. The van der Waals surface area contributed by atoms with E-state index in [9.17, 15) is 19.5 Å². The van der Waals surface area contributed by atoms with Gasteiger partial charge in [-0.15, -0.1) is 0 Å². The Morgan fingerprint density at radius 1 is 1.28 bits per heavy atom. The molecule has 0 saturated carbocycles. The van der Waals surface area contributed by atoms with Crippen molar-refractivity contribution in [3.8, 4) is 0 Å². The van der Waals surface area contributed by atoms with Crippen LogP contribution in [0.4, 0.5) is 0 Å². The van der Waals surface area contributed by atoms with Crippen molar-refractivity contribution in [2.75, 3.05) is 6.54 Å². The van der Waals surface area contributed by atoms with Crippen LogP contribution in [0, 0.1) is 0 Å². The number of fused-ring (bicyclic) bond motifs is 1. The topological polar surface area (TPSA) is 92.5 Å². The van der Waals surface area contributed by atoms with Crippen LogP contribution in [0.2, 0.25) is 0 Å². The van der Waals surface area contributed by atoms with Crippen LogP contribution in [-0.4, -0.2) is 44.3 Å². The zero-order valence-electron chi connectivity index (χ0n) is 14.1. The van der Waals surface area contributed by atoms with Gasteiger partial charge in [-0.3, -0.25) is 9.59 Å². The third-order valence-corrected chi connectivity index (χ3v) is 4.59. The van der Waals surface area contributed by atoms with Crippen molar-refractivity contribution in [2.45, 2.75) is 45.2 Å². The highest BCUT2D eigenvalue weighted by Crippen LogP contribution is 2.22. The van der Waals surface area contributed by atoms with Gasteiger partial charge < -0.3 is 10.0 Å². The van der Waals surface area contributed by atoms with Gasteiger partial charge in [-0.1, -0.05) is 31.5 Å². The molecule has 1 amide bonds. The van der Waals surface area contributed by atoms with Crippen molar-refractivity contribution >= 4 is 22.6 Å². The van der Waals surface area contributed by atoms with Crippen LogP contribution < -0.4 is 5.56 Å². The molecule has 0 spiro atoms. The summed E-state index contributed by atoms with van der Waals surface area (Å²) in [5.41, 5.74) is -0.0729. The summed E-state index contributed by atoms with van der Waals surface area (Å²) < 4.78 is 1.32. The van der Waals surface area contributed by atoms with Crippen LogP contribution in [0.1, 0.15) is 43.1 Å². The second-order valence-electron chi connectivity index (χ2n) is 6.27. The Balaban J connectivity index is 2.11. The monoisotopic (exact) mass is 343 g/mol. The lowest BCUT2D eigenvalue weighted by Crippen LogP contribution is -2.41. The van der Waals surface area contributed by atoms with Crippen LogP contribution in [0.3, 0.4) is 0 Å². The highest BCUT2D eigenvalue weighted by Gasteiger charge is 2.36. The molecule has 1 atom stereocenters. The van der Waals surface area contributed by atoms with Gasteiger partial charge in [-0.25, -0.2) is 9.48 Å². The van der Waals surface area contributed by atoms with E-state index < -0.39 is 17.9 Å². The predicted molar refractivity (Wildman–Crippen MR) is 92.6 cm³/mol. The van der Waals surface area contributed by atoms with Crippen LogP contribution in [0.15, 0.2) is 29.1 Å². The van der Waals surface area contributed by atoms with E-state index in [0.29, 0.717) is 36.7 Å². The minimum Gasteiger partial charge on any atom is -0.480 e. The molecule has 1 fully saturated rings. The number of rotatable bonds is 5. The average Bonchev–Trinajstić information content (AvgIpc) is 3.11. The number of aryl methyl sites for hydroxylation is 1. The van der Waals surface area contributed by atoms with E-state index in [2.05, 4.69) is 5.10 Å². The summed E-state index contributed by atoms with van der Waals surface area (Å²) in [5, 5.41) is 14.5. The molecule has 0 aliphatic carbocycles. The molecule has 3 rings (SSSR count). The third kappa shape index (κ3) is 3.14. The van der Waals surface area contributed by atoms with Gasteiger partial charge in [0.15, 0.2) is 5.69 Å². The molecule has 7 nitrogen and oxygen atoms in total. The third-order valence-electron chi connectivity index (χ3n) is 4.59. The highest BCUT2D eigenvalue weighted by atomic mass is 16.4. The Bertz CT molecular complexity index is 874. The first-order valence-electron chi connectivity index (χ1n) is 8.58. The Morgan fingerprint density at radius 2 is 2.00 bits per heavy atom. The number of unbranched alkanes of at least 4 members (excludes halogenated alkanes) is 1. The number of hydrogen-bond acceptors (Lipinski definition) is 4. The zero-order chi connectivity index (χ0) is 18.0. The van der Waals surface area contributed by atoms with E-state index in [1.165, 1.54) is 9.58 Å². The summed E-state index contributed by atoms with van der Waals surface area (Å²) in [7, 11) is 0. The van der Waals surface area contributed by atoms with E-state index in [1.54, 1.807) is 24.3 Å². The lowest BCUT2D eigenvalue weighted by molar-refractivity contribution is -0.141. The zero-order valence-corrected chi connectivity index (χ0v) is 14.1.